The lowest BCUT2D eigenvalue weighted by Gasteiger charge is -2.14. The summed E-state index contributed by atoms with van der Waals surface area (Å²) in [6.45, 7) is 2.58. The standard InChI is InChI=1S/C12H16N2O2/c1-8-4-5-13-6-10(8)7-14-11(12(15)16)9-2-3-9/h4-6,9,11,14H,2-3,7H2,1H3,(H,15,16). The third-order valence-corrected chi connectivity index (χ3v) is 3.02. The van der Waals surface area contributed by atoms with Crippen LogP contribution in [-0.2, 0) is 11.3 Å². The molecule has 1 atom stereocenters. The molecule has 1 aliphatic rings. The molecule has 0 bridgehead atoms. The summed E-state index contributed by atoms with van der Waals surface area (Å²) in [5.41, 5.74) is 2.21. The molecule has 1 aliphatic carbocycles. The van der Waals surface area contributed by atoms with Gasteiger partial charge in [0, 0.05) is 18.9 Å². The maximum atomic E-state index is 11.0. The predicted molar refractivity (Wildman–Crippen MR) is 60.0 cm³/mol. The van der Waals surface area contributed by atoms with Crippen molar-refractivity contribution in [1.29, 1.82) is 0 Å². The van der Waals surface area contributed by atoms with Crippen molar-refractivity contribution in [2.45, 2.75) is 32.4 Å². The number of hydrogen-bond acceptors (Lipinski definition) is 3. The normalized spacial score (nSPS) is 17.1. The van der Waals surface area contributed by atoms with E-state index in [0.29, 0.717) is 12.5 Å². The maximum Gasteiger partial charge on any atom is 0.320 e. The molecule has 86 valence electrons. The number of aryl methyl sites for hydroxylation is 1. The van der Waals surface area contributed by atoms with Gasteiger partial charge in [-0.15, -0.1) is 0 Å². The average molecular weight is 220 g/mol. The lowest BCUT2D eigenvalue weighted by Crippen LogP contribution is -2.38. The number of hydrogen-bond donors (Lipinski definition) is 2. The second-order valence-corrected chi connectivity index (χ2v) is 4.34. The minimum absolute atomic E-state index is 0.314. The van der Waals surface area contributed by atoms with Gasteiger partial charge in [0.15, 0.2) is 0 Å². The van der Waals surface area contributed by atoms with Gasteiger partial charge in [0.25, 0.3) is 0 Å². The van der Waals surface area contributed by atoms with Crippen LogP contribution in [0.25, 0.3) is 0 Å². The largest absolute Gasteiger partial charge is 0.480 e. The zero-order valence-electron chi connectivity index (χ0n) is 9.31. The van der Waals surface area contributed by atoms with Crippen molar-refractivity contribution in [3.63, 3.8) is 0 Å². The van der Waals surface area contributed by atoms with E-state index in [2.05, 4.69) is 10.3 Å². The number of carbonyl (C=O) groups is 1. The second kappa shape index (κ2) is 4.61. The van der Waals surface area contributed by atoms with Crippen LogP contribution in [0.1, 0.15) is 24.0 Å². The highest BCUT2D eigenvalue weighted by Crippen LogP contribution is 2.32. The van der Waals surface area contributed by atoms with Crippen LogP contribution in [0.4, 0.5) is 0 Å². The second-order valence-electron chi connectivity index (χ2n) is 4.34. The van der Waals surface area contributed by atoms with E-state index in [1.807, 2.05) is 13.0 Å². The molecule has 16 heavy (non-hydrogen) atoms. The molecule has 1 aromatic rings. The molecular formula is C12H16N2O2. The Morgan fingerprint density at radius 2 is 2.44 bits per heavy atom. The average Bonchev–Trinajstić information content (AvgIpc) is 3.04. The zero-order valence-corrected chi connectivity index (χ0v) is 9.31. The highest BCUT2D eigenvalue weighted by molar-refractivity contribution is 5.74. The Labute approximate surface area is 94.7 Å². The van der Waals surface area contributed by atoms with Gasteiger partial charge in [0.2, 0.25) is 0 Å². The molecule has 0 amide bonds. The molecule has 1 unspecified atom stereocenters. The van der Waals surface area contributed by atoms with Gasteiger partial charge in [0.1, 0.15) is 6.04 Å². The number of carboxylic acids is 1. The minimum atomic E-state index is -0.746. The van der Waals surface area contributed by atoms with E-state index in [9.17, 15) is 4.79 Å². The third kappa shape index (κ3) is 2.58. The molecule has 4 heteroatoms. The van der Waals surface area contributed by atoms with Crippen LogP contribution in [0.3, 0.4) is 0 Å². The summed E-state index contributed by atoms with van der Waals surface area (Å²) in [6, 6.07) is 1.53. The number of nitrogens with zero attached hydrogens (tertiary/aromatic N) is 1. The van der Waals surface area contributed by atoms with Gasteiger partial charge in [-0.25, -0.2) is 0 Å². The molecule has 0 saturated heterocycles. The van der Waals surface area contributed by atoms with Crippen LogP contribution in [0, 0.1) is 12.8 Å². The third-order valence-electron chi connectivity index (χ3n) is 3.02. The Bertz CT molecular complexity index is 388. The first kappa shape index (κ1) is 11.1. The molecular weight excluding hydrogens is 204 g/mol. The van der Waals surface area contributed by atoms with Gasteiger partial charge in [-0.3, -0.25) is 15.1 Å². The Morgan fingerprint density at radius 1 is 1.69 bits per heavy atom. The molecule has 1 fully saturated rings. The van der Waals surface area contributed by atoms with Crippen molar-refractivity contribution in [1.82, 2.24) is 10.3 Å². The van der Waals surface area contributed by atoms with E-state index >= 15 is 0 Å². The summed E-state index contributed by atoms with van der Waals surface area (Å²) in [4.78, 5) is 15.1. The summed E-state index contributed by atoms with van der Waals surface area (Å²) >= 11 is 0. The molecule has 0 radical (unpaired) electrons. The number of carboxylic acid groups (broad SMARTS) is 1. The zero-order chi connectivity index (χ0) is 11.5. The Balaban J connectivity index is 1.95. The summed E-state index contributed by atoms with van der Waals surface area (Å²) in [5.74, 6) is -0.432. The molecule has 1 heterocycles. The number of nitrogens with one attached hydrogen (secondary N) is 1. The summed E-state index contributed by atoms with van der Waals surface area (Å²) in [5, 5.41) is 12.2. The van der Waals surface area contributed by atoms with E-state index in [1.165, 1.54) is 0 Å². The van der Waals surface area contributed by atoms with E-state index in [0.717, 1.165) is 24.0 Å². The summed E-state index contributed by atoms with van der Waals surface area (Å²) in [6.07, 6.45) is 5.58. The molecule has 0 spiro atoms. The quantitative estimate of drug-likeness (QED) is 0.786. The molecule has 1 saturated carbocycles. The SMILES string of the molecule is Cc1ccncc1CNC(C(=O)O)C1CC1. The van der Waals surface area contributed by atoms with Crippen molar-refractivity contribution >= 4 is 5.97 Å². The van der Waals surface area contributed by atoms with E-state index in [1.54, 1.807) is 12.4 Å². The molecule has 1 aromatic heterocycles. The van der Waals surface area contributed by atoms with Crippen LogP contribution in [-0.4, -0.2) is 22.1 Å². The number of pyridine rings is 1. The number of aliphatic carboxylic acids is 1. The van der Waals surface area contributed by atoms with Gasteiger partial charge in [0.05, 0.1) is 0 Å². The van der Waals surface area contributed by atoms with Gasteiger partial charge in [-0.05, 0) is 42.9 Å². The topological polar surface area (TPSA) is 62.2 Å². The van der Waals surface area contributed by atoms with Crippen LogP contribution in [0.5, 0.6) is 0 Å². The van der Waals surface area contributed by atoms with Crippen LogP contribution in [0.15, 0.2) is 18.5 Å². The van der Waals surface area contributed by atoms with Gasteiger partial charge < -0.3 is 5.11 Å². The molecule has 0 aliphatic heterocycles. The fourth-order valence-electron chi connectivity index (χ4n) is 1.79. The number of aromatic nitrogens is 1. The molecule has 4 nitrogen and oxygen atoms in total. The van der Waals surface area contributed by atoms with Gasteiger partial charge in [-0.1, -0.05) is 0 Å². The first-order valence-electron chi connectivity index (χ1n) is 5.54. The van der Waals surface area contributed by atoms with Crippen LogP contribution >= 0.6 is 0 Å². The lowest BCUT2D eigenvalue weighted by molar-refractivity contribution is -0.140. The van der Waals surface area contributed by atoms with Crippen molar-refractivity contribution in [2.24, 2.45) is 5.92 Å². The molecule has 2 N–H and O–H groups in total. The molecule has 0 aromatic carbocycles. The fourth-order valence-corrected chi connectivity index (χ4v) is 1.79. The summed E-state index contributed by atoms with van der Waals surface area (Å²) in [7, 11) is 0. The van der Waals surface area contributed by atoms with Crippen LogP contribution < -0.4 is 5.32 Å². The first-order valence-corrected chi connectivity index (χ1v) is 5.54. The van der Waals surface area contributed by atoms with E-state index in [4.69, 9.17) is 5.11 Å². The Hall–Kier alpha value is -1.42. The predicted octanol–water partition coefficient (Wildman–Crippen LogP) is 1.34. The van der Waals surface area contributed by atoms with E-state index < -0.39 is 12.0 Å². The van der Waals surface area contributed by atoms with Gasteiger partial charge >= 0.3 is 5.97 Å². The van der Waals surface area contributed by atoms with Crippen molar-refractivity contribution in [2.75, 3.05) is 0 Å². The smallest absolute Gasteiger partial charge is 0.320 e. The monoisotopic (exact) mass is 220 g/mol. The Morgan fingerprint density at radius 3 is 3.00 bits per heavy atom. The van der Waals surface area contributed by atoms with Crippen LogP contribution in [0.2, 0.25) is 0 Å². The van der Waals surface area contributed by atoms with E-state index in [-0.39, 0.29) is 0 Å². The fraction of sp³-hybridized carbons (Fsp3) is 0.500. The summed E-state index contributed by atoms with van der Waals surface area (Å²) < 4.78 is 0. The maximum absolute atomic E-state index is 11.0. The number of rotatable bonds is 5. The molecule has 2 rings (SSSR count). The first-order chi connectivity index (χ1) is 7.68. The lowest BCUT2D eigenvalue weighted by atomic mass is 10.1. The highest BCUT2D eigenvalue weighted by atomic mass is 16.4. The Kier molecular flexibility index (Phi) is 3.19. The van der Waals surface area contributed by atoms with Crippen molar-refractivity contribution in [3.8, 4) is 0 Å². The highest BCUT2D eigenvalue weighted by Gasteiger charge is 2.35. The van der Waals surface area contributed by atoms with Gasteiger partial charge in [-0.2, -0.15) is 0 Å². The van der Waals surface area contributed by atoms with Crippen molar-refractivity contribution in [3.05, 3.63) is 29.6 Å². The van der Waals surface area contributed by atoms with Crippen molar-refractivity contribution < 1.29 is 9.90 Å². The minimum Gasteiger partial charge on any atom is -0.480 e.